The topological polar surface area (TPSA) is 103 Å². The lowest BCUT2D eigenvalue weighted by molar-refractivity contribution is 0.0956. The van der Waals surface area contributed by atoms with E-state index in [9.17, 15) is 13.2 Å². The molecule has 0 saturated carbocycles. The van der Waals surface area contributed by atoms with Gasteiger partial charge in [0.25, 0.3) is 15.9 Å². The van der Waals surface area contributed by atoms with Gasteiger partial charge in [-0.05, 0) is 41.1 Å². The van der Waals surface area contributed by atoms with Crippen molar-refractivity contribution < 1.29 is 13.2 Å². The number of amides is 1. The number of carbonyl (C=O) groups excluding carboxylic acids is 1. The molecule has 11 heteroatoms. The van der Waals surface area contributed by atoms with E-state index in [2.05, 4.69) is 36.3 Å². The number of anilines is 2. The van der Waals surface area contributed by atoms with Gasteiger partial charge in [0.2, 0.25) is 0 Å². The summed E-state index contributed by atoms with van der Waals surface area (Å²) in [6, 6.07) is 4.73. The first kappa shape index (κ1) is 20.1. The second-order valence-corrected chi connectivity index (χ2v) is 10.2. The molecule has 1 fully saturated rings. The molecule has 1 amide bonds. The van der Waals surface area contributed by atoms with Gasteiger partial charge in [-0.15, -0.1) is 11.3 Å². The molecule has 0 atom stereocenters. The Kier molecular flexibility index (Phi) is 6.35. The predicted octanol–water partition coefficient (Wildman–Crippen LogP) is 1.87. The fourth-order valence-electron chi connectivity index (χ4n) is 2.71. The van der Waals surface area contributed by atoms with Gasteiger partial charge in [0.15, 0.2) is 0 Å². The zero-order valence-corrected chi connectivity index (χ0v) is 17.9. The Balaban J connectivity index is 1.92. The maximum absolute atomic E-state index is 12.5. The van der Waals surface area contributed by atoms with Crippen LogP contribution in [0, 0.1) is 0 Å². The first-order chi connectivity index (χ1) is 12.9. The molecule has 0 bridgehead atoms. The molecule has 1 saturated heterocycles. The van der Waals surface area contributed by atoms with Crippen molar-refractivity contribution in [2.24, 2.45) is 0 Å². The Morgan fingerprint density at radius 2 is 2.11 bits per heavy atom. The molecule has 0 aliphatic carbocycles. The number of hydrogen-bond acceptors (Lipinski definition) is 7. The highest BCUT2D eigenvalue weighted by molar-refractivity contribution is 9.11. The van der Waals surface area contributed by atoms with Crippen LogP contribution in [0.4, 0.5) is 11.5 Å². The number of sulfonamides is 1. The second-order valence-electron chi connectivity index (χ2n) is 5.86. The summed E-state index contributed by atoms with van der Waals surface area (Å²) < 4.78 is 28.5. The summed E-state index contributed by atoms with van der Waals surface area (Å²) in [5.74, 6) is 0.280. The number of nitrogens with zero attached hydrogens (tertiary/aromatic N) is 2. The molecule has 27 heavy (non-hydrogen) atoms. The van der Waals surface area contributed by atoms with Gasteiger partial charge in [0.1, 0.15) is 10.0 Å². The summed E-state index contributed by atoms with van der Waals surface area (Å²) in [5, 5.41) is 6.02. The number of pyridine rings is 1. The molecule has 1 aliphatic rings. The first-order valence-corrected chi connectivity index (χ1v) is 11.5. The number of hydrogen-bond donors (Lipinski definition) is 3. The Bertz CT molecular complexity index is 926. The molecule has 3 rings (SSSR count). The molecule has 2 aromatic heterocycles. The highest BCUT2D eigenvalue weighted by Crippen LogP contribution is 2.28. The van der Waals surface area contributed by atoms with Crippen molar-refractivity contribution in [1.29, 1.82) is 0 Å². The van der Waals surface area contributed by atoms with Gasteiger partial charge in [-0.3, -0.25) is 9.52 Å². The van der Waals surface area contributed by atoms with Gasteiger partial charge >= 0.3 is 0 Å². The average molecular weight is 474 g/mol. The van der Waals surface area contributed by atoms with Crippen LogP contribution >= 0.6 is 27.3 Å². The Labute approximate surface area is 170 Å². The number of aromatic nitrogens is 1. The average Bonchev–Trinajstić information content (AvgIpc) is 3.10. The van der Waals surface area contributed by atoms with Gasteiger partial charge in [0.05, 0.1) is 21.2 Å². The van der Waals surface area contributed by atoms with Crippen molar-refractivity contribution in [1.82, 2.24) is 15.6 Å². The normalized spacial score (nSPS) is 14.8. The molecule has 2 aromatic rings. The molecule has 3 heterocycles. The maximum Gasteiger partial charge on any atom is 0.271 e. The number of rotatable bonds is 6. The van der Waals surface area contributed by atoms with Crippen LogP contribution in [0.1, 0.15) is 17.3 Å². The van der Waals surface area contributed by atoms with Crippen LogP contribution in [0.2, 0.25) is 0 Å². The smallest absolute Gasteiger partial charge is 0.271 e. The molecule has 3 N–H and O–H groups in total. The number of thiophene rings is 1. The van der Waals surface area contributed by atoms with Gasteiger partial charge < -0.3 is 15.5 Å². The number of piperazine rings is 1. The summed E-state index contributed by atoms with van der Waals surface area (Å²) in [5.41, 5.74) is 0.603. The van der Waals surface area contributed by atoms with E-state index in [0.717, 1.165) is 41.3 Å². The van der Waals surface area contributed by atoms with E-state index in [0.29, 0.717) is 17.9 Å². The number of halogens is 1. The molecule has 0 aromatic carbocycles. The molecular weight excluding hydrogens is 454 g/mol. The lowest BCUT2D eigenvalue weighted by atomic mass is 10.2. The van der Waals surface area contributed by atoms with Gasteiger partial charge in [-0.2, -0.15) is 0 Å². The molecule has 0 radical (unpaired) electrons. The molecule has 1 aliphatic heterocycles. The van der Waals surface area contributed by atoms with Crippen LogP contribution in [0.15, 0.2) is 32.4 Å². The molecule has 8 nitrogen and oxygen atoms in total. The molecule has 146 valence electrons. The maximum atomic E-state index is 12.5. The number of carbonyl (C=O) groups is 1. The van der Waals surface area contributed by atoms with E-state index in [-0.39, 0.29) is 15.8 Å². The van der Waals surface area contributed by atoms with Crippen molar-refractivity contribution in [3.8, 4) is 0 Å². The lowest BCUT2D eigenvalue weighted by Crippen LogP contribution is -2.44. The summed E-state index contributed by atoms with van der Waals surface area (Å²) in [7, 11) is -3.74. The van der Waals surface area contributed by atoms with Gasteiger partial charge in [-0.25, -0.2) is 13.4 Å². The van der Waals surface area contributed by atoms with Crippen LogP contribution < -0.4 is 20.3 Å². The highest BCUT2D eigenvalue weighted by Gasteiger charge is 2.22. The van der Waals surface area contributed by atoms with E-state index >= 15 is 0 Å². The van der Waals surface area contributed by atoms with Crippen LogP contribution in [0.3, 0.4) is 0 Å². The van der Waals surface area contributed by atoms with Crippen LogP contribution in [0.5, 0.6) is 0 Å². The van der Waals surface area contributed by atoms with Crippen LogP contribution in [-0.4, -0.2) is 52.0 Å². The fourth-order valence-corrected chi connectivity index (χ4v) is 5.76. The molecule has 0 spiro atoms. The molecular formula is C16H20BrN5O3S2. The summed E-state index contributed by atoms with van der Waals surface area (Å²) in [6.45, 7) is 5.37. The standard InChI is InChI=1S/C16H20BrN5O3S2/c1-2-19-16(23)12-9-11(10-20-15(12)22-7-5-18-6-8-22)21-27(24,25)14-4-3-13(17)26-14/h3-4,9-10,18,21H,2,5-8H2,1H3,(H,19,23). The fraction of sp³-hybridized carbons (Fsp3) is 0.375. The minimum absolute atomic E-state index is 0.181. The monoisotopic (exact) mass is 473 g/mol. The van der Waals surface area contributed by atoms with E-state index in [4.69, 9.17) is 0 Å². The van der Waals surface area contributed by atoms with Gasteiger partial charge in [-0.1, -0.05) is 0 Å². The van der Waals surface area contributed by atoms with E-state index in [1.165, 1.54) is 18.3 Å². The van der Waals surface area contributed by atoms with E-state index < -0.39 is 10.0 Å². The Morgan fingerprint density at radius 3 is 2.74 bits per heavy atom. The minimum Gasteiger partial charge on any atom is -0.353 e. The third-order valence-electron chi connectivity index (χ3n) is 3.93. The second kappa shape index (κ2) is 8.55. The largest absolute Gasteiger partial charge is 0.353 e. The minimum atomic E-state index is -3.74. The SMILES string of the molecule is CCNC(=O)c1cc(NS(=O)(=O)c2ccc(Br)s2)cnc1N1CCNCC1. The first-order valence-electron chi connectivity index (χ1n) is 8.43. The Morgan fingerprint density at radius 1 is 1.37 bits per heavy atom. The Hall–Kier alpha value is -1.69. The van der Waals surface area contributed by atoms with Crippen molar-refractivity contribution in [2.45, 2.75) is 11.1 Å². The molecule has 0 unspecified atom stereocenters. The van der Waals surface area contributed by atoms with E-state index in [1.807, 2.05) is 11.8 Å². The van der Waals surface area contributed by atoms with Crippen molar-refractivity contribution in [3.05, 3.63) is 33.7 Å². The third kappa shape index (κ3) is 4.78. The van der Waals surface area contributed by atoms with E-state index in [1.54, 1.807) is 6.07 Å². The van der Waals surface area contributed by atoms with Crippen molar-refractivity contribution >= 4 is 54.7 Å². The predicted molar refractivity (Wildman–Crippen MR) is 110 cm³/mol. The van der Waals surface area contributed by atoms with Crippen LogP contribution in [0.25, 0.3) is 0 Å². The summed E-state index contributed by atoms with van der Waals surface area (Å²) >= 11 is 4.37. The number of nitrogens with one attached hydrogen (secondary N) is 3. The van der Waals surface area contributed by atoms with Crippen molar-refractivity contribution in [3.63, 3.8) is 0 Å². The van der Waals surface area contributed by atoms with Gasteiger partial charge in [0, 0.05) is 32.7 Å². The zero-order valence-electron chi connectivity index (χ0n) is 14.7. The quantitative estimate of drug-likeness (QED) is 0.591. The lowest BCUT2D eigenvalue weighted by Gasteiger charge is -2.30. The highest BCUT2D eigenvalue weighted by atomic mass is 79.9. The van der Waals surface area contributed by atoms with Crippen LogP contribution in [-0.2, 0) is 10.0 Å². The third-order valence-corrected chi connectivity index (χ3v) is 7.43. The zero-order chi connectivity index (χ0) is 19.4. The summed E-state index contributed by atoms with van der Waals surface area (Å²) in [4.78, 5) is 18.9. The summed E-state index contributed by atoms with van der Waals surface area (Å²) in [6.07, 6.45) is 1.44. The van der Waals surface area contributed by atoms with Crippen molar-refractivity contribution in [2.75, 3.05) is 42.3 Å².